The topological polar surface area (TPSA) is 68.1 Å². The zero-order valence-electron chi connectivity index (χ0n) is 13.4. The monoisotopic (exact) mass is 296 g/mol. The quantitative estimate of drug-likeness (QED) is 0.610. The van der Waals surface area contributed by atoms with Crippen LogP contribution < -0.4 is 21.9 Å². The van der Waals surface area contributed by atoms with E-state index < -0.39 is 0 Å². The maximum absolute atomic E-state index is 12.4. The largest absolute Gasteiger partial charge is 0.331 e. The van der Waals surface area contributed by atoms with Crippen molar-refractivity contribution in [2.45, 2.75) is 46.7 Å². The maximum Gasteiger partial charge on any atom is 0.331 e. The van der Waals surface area contributed by atoms with Gasteiger partial charge in [0.15, 0.2) is 0 Å². The van der Waals surface area contributed by atoms with Gasteiger partial charge in [0.25, 0.3) is 5.56 Å². The Kier molecular flexibility index (Phi) is 8.00. The molecular weight excluding hydrogens is 268 g/mol. The second-order valence-corrected chi connectivity index (χ2v) is 5.12. The Bertz CT molecular complexity index is 533. The van der Waals surface area contributed by atoms with Crippen molar-refractivity contribution in [3.8, 4) is 0 Å². The van der Waals surface area contributed by atoms with Gasteiger partial charge in [0.05, 0.1) is 0 Å². The molecule has 0 saturated carbocycles. The van der Waals surface area contributed by atoms with Crippen molar-refractivity contribution in [1.29, 1.82) is 0 Å². The predicted octanol–water partition coefficient (Wildman–Crippen LogP) is 0.318. The number of rotatable bonds is 10. The molecular formula is C15H28N4O2. The second kappa shape index (κ2) is 9.52. The van der Waals surface area contributed by atoms with Crippen LogP contribution in [0.15, 0.2) is 15.7 Å². The lowest BCUT2D eigenvalue weighted by Gasteiger charge is -2.13. The van der Waals surface area contributed by atoms with Gasteiger partial charge in [-0.25, -0.2) is 4.79 Å². The molecule has 0 aliphatic heterocycles. The van der Waals surface area contributed by atoms with Crippen LogP contribution in [0.1, 0.15) is 32.4 Å². The van der Waals surface area contributed by atoms with Crippen molar-refractivity contribution in [1.82, 2.24) is 19.8 Å². The van der Waals surface area contributed by atoms with E-state index in [4.69, 9.17) is 0 Å². The number of nitrogens with one attached hydrogen (secondary N) is 2. The van der Waals surface area contributed by atoms with Crippen LogP contribution in [0.25, 0.3) is 0 Å². The molecule has 0 aromatic carbocycles. The molecule has 0 bridgehead atoms. The molecule has 120 valence electrons. The first-order chi connectivity index (χ1) is 10.1. The standard InChI is InChI=1S/C15H28N4O2/c1-4-16-8-6-10-18-13(3)12-14(20)19(15(18)21)11-7-9-17-5-2/h12,16-17H,4-11H2,1-3H3. The summed E-state index contributed by atoms with van der Waals surface area (Å²) >= 11 is 0. The summed E-state index contributed by atoms with van der Waals surface area (Å²) in [5.41, 5.74) is 0.356. The van der Waals surface area contributed by atoms with Gasteiger partial charge in [-0.2, -0.15) is 0 Å². The zero-order chi connectivity index (χ0) is 15.7. The van der Waals surface area contributed by atoms with Gasteiger partial charge >= 0.3 is 5.69 Å². The third-order valence-electron chi connectivity index (χ3n) is 3.46. The number of nitrogens with zero attached hydrogens (tertiary/aromatic N) is 2. The minimum atomic E-state index is -0.197. The summed E-state index contributed by atoms with van der Waals surface area (Å²) in [7, 11) is 0. The molecule has 0 amide bonds. The second-order valence-electron chi connectivity index (χ2n) is 5.12. The molecule has 0 spiro atoms. The van der Waals surface area contributed by atoms with Crippen molar-refractivity contribution in [2.24, 2.45) is 0 Å². The van der Waals surface area contributed by atoms with Crippen LogP contribution in [-0.2, 0) is 13.1 Å². The minimum absolute atomic E-state index is 0.187. The molecule has 2 N–H and O–H groups in total. The molecule has 0 saturated heterocycles. The Labute approximate surface area is 126 Å². The highest BCUT2D eigenvalue weighted by atomic mass is 16.2. The number of hydrogen-bond acceptors (Lipinski definition) is 4. The molecule has 0 radical (unpaired) electrons. The molecule has 6 nitrogen and oxygen atoms in total. The van der Waals surface area contributed by atoms with Crippen molar-refractivity contribution in [3.05, 3.63) is 32.6 Å². The molecule has 1 rings (SSSR count). The molecule has 0 aliphatic rings. The Balaban J connectivity index is 2.79. The average Bonchev–Trinajstić information content (AvgIpc) is 2.45. The normalized spacial score (nSPS) is 11.0. The van der Waals surface area contributed by atoms with Crippen LogP contribution in [-0.4, -0.2) is 35.3 Å². The highest BCUT2D eigenvalue weighted by molar-refractivity contribution is 5.00. The van der Waals surface area contributed by atoms with Gasteiger partial charge in [-0.3, -0.25) is 13.9 Å². The first kappa shape index (κ1) is 17.7. The molecule has 1 aromatic rings. The van der Waals surface area contributed by atoms with Crippen molar-refractivity contribution in [3.63, 3.8) is 0 Å². The van der Waals surface area contributed by atoms with Crippen LogP contribution in [0, 0.1) is 6.92 Å². The lowest BCUT2D eigenvalue weighted by molar-refractivity contribution is 0.497. The molecule has 6 heteroatoms. The summed E-state index contributed by atoms with van der Waals surface area (Å²) in [5, 5.41) is 6.44. The van der Waals surface area contributed by atoms with Gasteiger partial charge < -0.3 is 10.6 Å². The average molecular weight is 296 g/mol. The molecule has 1 aromatic heterocycles. The summed E-state index contributed by atoms with van der Waals surface area (Å²) in [6.07, 6.45) is 1.66. The third-order valence-corrected chi connectivity index (χ3v) is 3.46. The SMILES string of the molecule is CCNCCCn1c(C)cc(=O)n(CCCNCC)c1=O. The van der Waals surface area contributed by atoms with E-state index in [9.17, 15) is 9.59 Å². The van der Waals surface area contributed by atoms with E-state index in [2.05, 4.69) is 17.6 Å². The lowest BCUT2D eigenvalue weighted by atomic mass is 10.3. The van der Waals surface area contributed by atoms with Gasteiger partial charge in [-0.05, 0) is 45.9 Å². The fourth-order valence-electron chi connectivity index (χ4n) is 2.28. The summed E-state index contributed by atoms with van der Waals surface area (Å²) in [5.74, 6) is 0. The summed E-state index contributed by atoms with van der Waals surface area (Å²) < 4.78 is 3.05. The molecule has 1 heterocycles. The maximum atomic E-state index is 12.4. The third kappa shape index (κ3) is 5.47. The van der Waals surface area contributed by atoms with Crippen molar-refractivity contribution in [2.75, 3.05) is 26.2 Å². The summed E-state index contributed by atoms with van der Waals surface area (Å²) in [4.78, 5) is 24.4. The van der Waals surface area contributed by atoms with Crippen molar-refractivity contribution >= 4 is 0 Å². The first-order valence-corrected chi connectivity index (χ1v) is 7.84. The van der Waals surface area contributed by atoms with Crippen LogP contribution >= 0.6 is 0 Å². The number of aromatic nitrogens is 2. The summed E-state index contributed by atoms with van der Waals surface area (Å²) in [6.45, 7) is 10.5. The summed E-state index contributed by atoms with van der Waals surface area (Å²) in [6, 6.07) is 1.56. The first-order valence-electron chi connectivity index (χ1n) is 7.84. The lowest BCUT2D eigenvalue weighted by Crippen LogP contribution is -2.41. The van der Waals surface area contributed by atoms with Gasteiger partial charge in [-0.1, -0.05) is 13.8 Å². The predicted molar refractivity (Wildman–Crippen MR) is 86.0 cm³/mol. The number of aryl methyl sites for hydroxylation is 1. The smallest absolute Gasteiger partial charge is 0.317 e. The van der Waals surface area contributed by atoms with E-state index in [0.717, 1.165) is 44.7 Å². The molecule has 0 fully saturated rings. The van der Waals surface area contributed by atoms with E-state index in [1.165, 1.54) is 4.57 Å². The van der Waals surface area contributed by atoms with E-state index in [1.54, 1.807) is 10.6 Å². The van der Waals surface area contributed by atoms with E-state index in [1.807, 2.05) is 13.8 Å². The Morgan fingerprint density at radius 2 is 1.48 bits per heavy atom. The van der Waals surface area contributed by atoms with Gasteiger partial charge in [0.2, 0.25) is 0 Å². The fourth-order valence-corrected chi connectivity index (χ4v) is 2.28. The highest BCUT2D eigenvalue weighted by Gasteiger charge is 2.08. The molecule has 0 aliphatic carbocycles. The molecule has 0 unspecified atom stereocenters. The minimum Gasteiger partial charge on any atom is -0.317 e. The Morgan fingerprint density at radius 1 is 0.952 bits per heavy atom. The fraction of sp³-hybridized carbons (Fsp3) is 0.733. The van der Waals surface area contributed by atoms with Gasteiger partial charge in [-0.15, -0.1) is 0 Å². The zero-order valence-corrected chi connectivity index (χ0v) is 13.4. The van der Waals surface area contributed by atoms with Crippen LogP contribution in [0.3, 0.4) is 0 Å². The van der Waals surface area contributed by atoms with E-state index in [0.29, 0.717) is 13.1 Å². The Hall–Kier alpha value is -1.40. The van der Waals surface area contributed by atoms with Crippen LogP contribution in [0.2, 0.25) is 0 Å². The molecule has 0 atom stereocenters. The number of hydrogen-bond donors (Lipinski definition) is 2. The van der Waals surface area contributed by atoms with E-state index in [-0.39, 0.29) is 11.2 Å². The van der Waals surface area contributed by atoms with Crippen LogP contribution in [0.4, 0.5) is 0 Å². The van der Waals surface area contributed by atoms with Gasteiger partial charge in [0.1, 0.15) is 0 Å². The Morgan fingerprint density at radius 3 is 2.00 bits per heavy atom. The van der Waals surface area contributed by atoms with E-state index >= 15 is 0 Å². The molecule has 21 heavy (non-hydrogen) atoms. The van der Waals surface area contributed by atoms with Crippen LogP contribution in [0.5, 0.6) is 0 Å². The highest BCUT2D eigenvalue weighted by Crippen LogP contribution is 1.93. The van der Waals surface area contributed by atoms with Crippen molar-refractivity contribution < 1.29 is 0 Å². The van der Waals surface area contributed by atoms with Gasteiger partial charge in [0, 0.05) is 24.8 Å².